The molecule has 2 N–H and O–H groups in total. The number of hydrogen-bond donors (Lipinski definition) is 2. The molecule has 0 aliphatic carbocycles. The number of halogens is 2. The molecule has 0 saturated carbocycles. The lowest BCUT2D eigenvalue weighted by Crippen LogP contribution is -2.25. The smallest absolute Gasteiger partial charge is 0.338 e. The Morgan fingerprint density at radius 3 is 2.88 bits per heavy atom. The Kier molecular flexibility index (Phi) is 5.04. The lowest BCUT2D eigenvalue weighted by Gasteiger charge is -2.18. The second-order valence-corrected chi connectivity index (χ2v) is 5.73. The van der Waals surface area contributed by atoms with Crippen LogP contribution in [0.3, 0.4) is 0 Å². The summed E-state index contributed by atoms with van der Waals surface area (Å²) in [5, 5.41) is 5.10. The predicted molar refractivity (Wildman–Crippen MR) is 90.9 cm³/mol. The van der Waals surface area contributed by atoms with Crippen LogP contribution in [0.2, 0.25) is 5.02 Å². The maximum Gasteiger partial charge on any atom is 0.338 e. The van der Waals surface area contributed by atoms with E-state index in [1.807, 2.05) is 0 Å². The molecule has 7 nitrogen and oxygen atoms in total. The summed E-state index contributed by atoms with van der Waals surface area (Å²) in [7, 11) is 0. The lowest BCUT2D eigenvalue weighted by molar-refractivity contribution is -0.119. The maximum absolute atomic E-state index is 13.6. The Labute approximate surface area is 152 Å². The summed E-state index contributed by atoms with van der Waals surface area (Å²) in [4.78, 5) is 35.1. The number of ether oxygens (including phenoxy) is 2. The fourth-order valence-electron chi connectivity index (χ4n) is 2.20. The minimum Gasteiger partial charge on any atom is -0.482 e. The van der Waals surface area contributed by atoms with Crippen LogP contribution < -0.4 is 15.4 Å². The minimum absolute atomic E-state index is 0.114. The van der Waals surface area contributed by atoms with Crippen molar-refractivity contribution in [1.82, 2.24) is 0 Å². The van der Waals surface area contributed by atoms with E-state index in [2.05, 4.69) is 10.6 Å². The molecule has 0 atom stereocenters. The third kappa shape index (κ3) is 4.09. The van der Waals surface area contributed by atoms with Gasteiger partial charge in [0, 0.05) is 5.02 Å². The van der Waals surface area contributed by atoms with Crippen LogP contribution in [0.5, 0.6) is 5.75 Å². The number of carbonyl (C=O) groups is 3. The Bertz CT molecular complexity index is 903. The summed E-state index contributed by atoms with van der Waals surface area (Å²) in [6.45, 7) is -0.765. The van der Waals surface area contributed by atoms with Crippen LogP contribution in [0.15, 0.2) is 36.4 Å². The first-order chi connectivity index (χ1) is 12.4. The first kappa shape index (κ1) is 17.7. The first-order valence-electron chi connectivity index (χ1n) is 7.41. The highest BCUT2D eigenvalue weighted by atomic mass is 35.5. The van der Waals surface area contributed by atoms with Gasteiger partial charge in [-0.2, -0.15) is 0 Å². The molecule has 2 amide bonds. The molecule has 2 aromatic carbocycles. The van der Waals surface area contributed by atoms with Gasteiger partial charge in [-0.15, -0.1) is 0 Å². The third-order valence-corrected chi connectivity index (χ3v) is 3.62. The van der Waals surface area contributed by atoms with Gasteiger partial charge >= 0.3 is 5.97 Å². The zero-order valence-corrected chi connectivity index (χ0v) is 13.9. The summed E-state index contributed by atoms with van der Waals surface area (Å²) in [5.74, 6) is -2.12. The van der Waals surface area contributed by atoms with Gasteiger partial charge in [0.05, 0.1) is 16.9 Å². The van der Waals surface area contributed by atoms with Crippen molar-refractivity contribution in [2.45, 2.75) is 0 Å². The second-order valence-electron chi connectivity index (χ2n) is 5.30. The summed E-state index contributed by atoms with van der Waals surface area (Å²) >= 11 is 5.73. The number of amides is 2. The van der Waals surface area contributed by atoms with Gasteiger partial charge in [-0.05, 0) is 36.4 Å². The number of fused-ring (bicyclic) bond motifs is 1. The van der Waals surface area contributed by atoms with Gasteiger partial charge in [0.1, 0.15) is 11.6 Å². The van der Waals surface area contributed by atoms with Crippen molar-refractivity contribution >= 4 is 40.8 Å². The number of rotatable bonds is 4. The normalized spacial score (nSPS) is 12.5. The van der Waals surface area contributed by atoms with E-state index in [0.717, 1.165) is 6.07 Å². The van der Waals surface area contributed by atoms with Gasteiger partial charge in [0.2, 0.25) is 0 Å². The number of carbonyl (C=O) groups excluding carboxylic acids is 3. The molecule has 0 radical (unpaired) electrons. The average molecular weight is 379 g/mol. The number of hydrogen-bond acceptors (Lipinski definition) is 5. The van der Waals surface area contributed by atoms with E-state index in [-0.39, 0.29) is 28.8 Å². The predicted octanol–water partition coefficient (Wildman–Crippen LogP) is 2.61. The standard InChI is InChI=1S/C17H12ClFN2O5/c18-10-2-3-11(19)13(6-10)21-16(23)8-26-17(24)9-1-4-12-14(5-9)25-7-15(22)20-12/h1-6H,7-8H2,(H,20,22)(H,21,23). The first-order valence-corrected chi connectivity index (χ1v) is 7.79. The quantitative estimate of drug-likeness (QED) is 0.798. The number of esters is 1. The van der Waals surface area contributed by atoms with Crippen LogP contribution in [-0.2, 0) is 14.3 Å². The van der Waals surface area contributed by atoms with Crippen molar-refractivity contribution < 1.29 is 28.2 Å². The number of nitrogens with one attached hydrogen (secondary N) is 2. The second kappa shape index (κ2) is 7.40. The van der Waals surface area contributed by atoms with Gasteiger partial charge in [0.15, 0.2) is 13.2 Å². The summed E-state index contributed by atoms with van der Waals surface area (Å²) in [5.41, 5.74) is 0.463. The van der Waals surface area contributed by atoms with E-state index in [1.165, 1.54) is 30.3 Å². The van der Waals surface area contributed by atoms with Crippen LogP contribution in [0.4, 0.5) is 15.8 Å². The molecule has 3 rings (SSSR count). The number of benzene rings is 2. The molecular formula is C17H12ClFN2O5. The molecule has 1 aliphatic heterocycles. The maximum atomic E-state index is 13.6. The largest absolute Gasteiger partial charge is 0.482 e. The molecule has 0 unspecified atom stereocenters. The molecule has 2 aromatic rings. The molecule has 134 valence electrons. The van der Waals surface area contributed by atoms with Crippen LogP contribution in [-0.4, -0.2) is 31.0 Å². The van der Waals surface area contributed by atoms with E-state index in [9.17, 15) is 18.8 Å². The van der Waals surface area contributed by atoms with Gasteiger partial charge in [-0.1, -0.05) is 11.6 Å². The highest BCUT2D eigenvalue weighted by Crippen LogP contribution is 2.28. The van der Waals surface area contributed by atoms with Crippen molar-refractivity contribution in [1.29, 1.82) is 0 Å². The SMILES string of the molecule is O=C(COC(=O)c1ccc2c(c1)OCC(=O)N2)Nc1cc(Cl)ccc1F. The highest BCUT2D eigenvalue weighted by Gasteiger charge is 2.19. The third-order valence-electron chi connectivity index (χ3n) is 3.39. The highest BCUT2D eigenvalue weighted by molar-refractivity contribution is 6.30. The van der Waals surface area contributed by atoms with Crippen molar-refractivity contribution in [3.8, 4) is 5.75 Å². The molecule has 26 heavy (non-hydrogen) atoms. The molecule has 0 bridgehead atoms. The molecule has 1 heterocycles. The van der Waals surface area contributed by atoms with Gasteiger partial charge in [-0.25, -0.2) is 9.18 Å². The lowest BCUT2D eigenvalue weighted by atomic mass is 10.1. The molecule has 0 fully saturated rings. The molecule has 0 aromatic heterocycles. The van der Waals surface area contributed by atoms with Crippen LogP contribution in [0.1, 0.15) is 10.4 Å². The van der Waals surface area contributed by atoms with E-state index in [1.54, 1.807) is 0 Å². The Hall–Kier alpha value is -3.13. The number of anilines is 2. The van der Waals surface area contributed by atoms with Crippen LogP contribution in [0.25, 0.3) is 0 Å². The van der Waals surface area contributed by atoms with E-state index in [4.69, 9.17) is 21.1 Å². The van der Waals surface area contributed by atoms with E-state index in [0.29, 0.717) is 11.4 Å². The Balaban J connectivity index is 1.59. The van der Waals surface area contributed by atoms with E-state index >= 15 is 0 Å². The molecule has 0 saturated heterocycles. The van der Waals surface area contributed by atoms with Crippen LogP contribution in [0, 0.1) is 5.82 Å². The molecular weight excluding hydrogens is 367 g/mol. The molecule has 0 spiro atoms. The van der Waals surface area contributed by atoms with Crippen molar-refractivity contribution in [2.75, 3.05) is 23.8 Å². The Morgan fingerprint density at radius 1 is 1.27 bits per heavy atom. The topological polar surface area (TPSA) is 93.7 Å². The molecule has 9 heteroatoms. The Morgan fingerprint density at radius 2 is 2.08 bits per heavy atom. The zero-order chi connectivity index (χ0) is 18.7. The monoisotopic (exact) mass is 378 g/mol. The summed E-state index contributed by atoms with van der Waals surface area (Å²) in [6, 6.07) is 8.00. The molecule has 1 aliphatic rings. The zero-order valence-electron chi connectivity index (χ0n) is 13.2. The summed E-state index contributed by atoms with van der Waals surface area (Å²) < 4.78 is 23.7. The van der Waals surface area contributed by atoms with E-state index < -0.39 is 24.3 Å². The van der Waals surface area contributed by atoms with Gasteiger partial charge < -0.3 is 20.1 Å². The van der Waals surface area contributed by atoms with Gasteiger partial charge in [0.25, 0.3) is 11.8 Å². The van der Waals surface area contributed by atoms with Crippen LogP contribution >= 0.6 is 11.6 Å². The minimum atomic E-state index is -0.769. The van der Waals surface area contributed by atoms with Crippen molar-refractivity contribution in [3.05, 3.63) is 52.8 Å². The van der Waals surface area contributed by atoms with Gasteiger partial charge in [-0.3, -0.25) is 9.59 Å². The fourth-order valence-corrected chi connectivity index (χ4v) is 2.37. The summed E-state index contributed by atoms with van der Waals surface area (Å²) in [6.07, 6.45) is 0. The van der Waals surface area contributed by atoms with Crippen molar-refractivity contribution in [2.24, 2.45) is 0 Å². The van der Waals surface area contributed by atoms with Crippen molar-refractivity contribution in [3.63, 3.8) is 0 Å². The average Bonchev–Trinajstić information content (AvgIpc) is 2.62. The fraction of sp³-hybridized carbons (Fsp3) is 0.118.